The molecule has 1 heterocycles. The van der Waals surface area contributed by atoms with Crippen LogP contribution in [0.3, 0.4) is 0 Å². The average Bonchev–Trinajstić information content (AvgIpc) is 2.67. The summed E-state index contributed by atoms with van der Waals surface area (Å²) >= 11 is 13.0. The van der Waals surface area contributed by atoms with E-state index in [1.807, 2.05) is 24.3 Å². The van der Waals surface area contributed by atoms with E-state index in [2.05, 4.69) is 9.59 Å². The highest BCUT2D eigenvalue weighted by Crippen LogP contribution is 2.20. The summed E-state index contributed by atoms with van der Waals surface area (Å²) in [5.41, 5.74) is 1.61. The van der Waals surface area contributed by atoms with Gasteiger partial charge in [0.1, 0.15) is 10.0 Å². The van der Waals surface area contributed by atoms with Crippen LogP contribution in [0.5, 0.6) is 0 Å². The van der Waals surface area contributed by atoms with Crippen LogP contribution in [0.25, 0.3) is 0 Å². The second kappa shape index (κ2) is 5.59. The lowest BCUT2D eigenvalue weighted by atomic mass is 10.2. The van der Waals surface area contributed by atoms with Gasteiger partial charge in [-0.25, -0.2) is 0 Å². The number of aromatic nitrogens is 2. The molecule has 0 N–H and O–H groups in total. The molecule has 0 aliphatic carbocycles. The molecule has 0 radical (unpaired) electrons. The summed E-state index contributed by atoms with van der Waals surface area (Å²) in [6.07, 6.45) is 0. The quantitative estimate of drug-likeness (QED) is 0.855. The van der Waals surface area contributed by atoms with Gasteiger partial charge in [-0.3, -0.25) is 0 Å². The van der Waals surface area contributed by atoms with Crippen molar-refractivity contribution in [2.75, 3.05) is 0 Å². The van der Waals surface area contributed by atoms with Gasteiger partial charge in [-0.2, -0.15) is 0 Å². The summed E-state index contributed by atoms with van der Waals surface area (Å²) in [7, 11) is 0. The van der Waals surface area contributed by atoms with E-state index < -0.39 is 0 Å². The van der Waals surface area contributed by atoms with Gasteiger partial charge in [-0.05, 0) is 11.6 Å². The summed E-state index contributed by atoms with van der Waals surface area (Å²) in [4.78, 5) is 0. The van der Waals surface area contributed by atoms with Crippen LogP contribution in [0.1, 0.15) is 11.3 Å². The Kier molecular flexibility index (Phi) is 4.12. The van der Waals surface area contributed by atoms with Crippen LogP contribution in [-0.4, -0.2) is 9.59 Å². The van der Waals surface area contributed by atoms with Crippen molar-refractivity contribution >= 4 is 34.7 Å². The lowest BCUT2D eigenvalue weighted by molar-refractivity contribution is 0.104. The Morgan fingerprint density at radius 2 is 2.00 bits per heavy atom. The van der Waals surface area contributed by atoms with E-state index >= 15 is 0 Å². The molecule has 1 aromatic heterocycles. The molecular weight excluding hydrogens is 267 g/mol. The van der Waals surface area contributed by atoms with E-state index in [9.17, 15) is 0 Å². The molecule has 0 unspecified atom stereocenters. The van der Waals surface area contributed by atoms with E-state index in [1.54, 1.807) is 0 Å². The maximum Gasteiger partial charge on any atom is 0.139 e. The zero-order chi connectivity index (χ0) is 11.4. The van der Waals surface area contributed by atoms with E-state index in [0.29, 0.717) is 28.3 Å². The number of hydrogen-bond donors (Lipinski definition) is 0. The van der Waals surface area contributed by atoms with Gasteiger partial charge in [0.25, 0.3) is 0 Å². The van der Waals surface area contributed by atoms with E-state index in [0.717, 1.165) is 17.1 Å². The third kappa shape index (κ3) is 2.92. The topological polar surface area (TPSA) is 35.0 Å². The van der Waals surface area contributed by atoms with Crippen LogP contribution in [0, 0.1) is 0 Å². The predicted octanol–water partition coefficient (Wildman–Crippen LogP) is 3.56. The van der Waals surface area contributed by atoms with Gasteiger partial charge in [-0.1, -0.05) is 45.9 Å². The minimum atomic E-state index is 0.348. The number of halogens is 2. The first kappa shape index (κ1) is 11.8. The van der Waals surface area contributed by atoms with Crippen molar-refractivity contribution in [3.63, 3.8) is 0 Å². The van der Waals surface area contributed by atoms with E-state index in [-0.39, 0.29) is 0 Å². The van der Waals surface area contributed by atoms with Crippen LogP contribution >= 0.6 is 34.7 Å². The Morgan fingerprint density at radius 1 is 1.19 bits per heavy atom. The van der Waals surface area contributed by atoms with Crippen LogP contribution in [0.15, 0.2) is 24.3 Å². The first-order valence-corrected chi connectivity index (χ1v) is 6.08. The Labute approximate surface area is 107 Å². The Bertz CT molecular complexity index is 475. The largest absolute Gasteiger partial charge is 0.370 e. The molecule has 0 bridgehead atoms. The molecule has 16 heavy (non-hydrogen) atoms. The summed E-state index contributed by atoms with van der Waals surface area (Å²) in [6, 6.07) is 7.55. The molecule has 0 amide bonds. The highest BCUT2D eigenvalue weighted by molar-refractivity contribution is 7.10. The lowest BCUT2D eigenvalue weighted by Crippen LogP contribution is -1.95. The standard InChI is InChI=1S/C10H8Cl2N2OS/c11-8-4-2-1-3-7(8)5-15-6-9-10(12)16-14-13-9/h1-4H,5-6H2. The fourth-order valence-electron chi connectivity index (χ4n) is 1.16. The van der Waals surface area contributed by atoms with Gasteiger partial charge in [0, 0.05) is 16.6 Å². The Hall–Kier alpha value is -0.680. The van der Waals surface area contributed by atoms with Gasteiger partial charge in [-0.15, -0.1) is 5.10 Å². The fourth-order valence-corrected chi connectivity index (χ4v) is 1.95. The van der Waals surface area contributed by atoms with Crippen molar-refractivity contribution in [3.05, 3.63) is 44.9 Å². The Morgan fingerprint density at radius 3 is 2.69 bits per heavy atom. The van der Waals surface area contributed by atoms with Gasteiger partial charge in [0.15, 0.2) is 0 Å². The van der Waals surface area contributed by atoms with Crippen LogP contribution in [0.2, 0.25) is 9.36 Å². The number of hydrogen-bond acceptors (Lipinski definition) is 4. The number of rotatable bonds is 4. The zero-order valence-corrected chi connectivity index (χ0v) is 10.5. The summed E-state index contributed by atoms with van der Waals surface area (Å²) in [5.74, 6) is 0. The monoisotopic (exact) mass is 274 g/mol. The minimum Gasteiger partial charge on any atom is -0.370 e. The molecule has 0 saturated carbocycles. The van der Waals surface area contributed by atoms with E-state index in [4.69, 9.17) is 27.9 Å². The first-order chi connectivity index (χ1) is 7.77. The van der Waals surface area contributed by atoms with E-state index in [1.165, 1.54) is 0 Å². The molecule has 0 aliphatic heterocycles. The van der Waals surface area contributed by atoms with Crippen LogP contribution in [-0.2, 0) is 18.0 Å². The molecule has 1 aromatic carbocycles. The highest BCUT2D eigenvalue weighted by Gasteiger charge is 2.05. The normalized spacial score (nSPS) is 10.6. The van der Waals surface area contributed by atoms with Crippen LogP contribution in [0.4, 0.5) is 0 Å². The lowest BCUT2D eigenvalue weighted by Gasteiger charge is -2.04. The van der Waals surface area contributed by atoms with Crippen LogP contribution < -0.4 is 0 Å². The summed E-state index contributed by atoms with van der Waals surface area (Å²) in [6.45, 7) is 0.786. The minimum absolute atomic E-state index is 0.348. The molecule has 6 heteroatoms. The molecular formula is C10H8Cl2N2OS. The van der Waals surface area contributed by atoms with Crippen molar-refractivity contribution in [2.45, 2.75) is 13.2 Å². The van der Waals surface area contributed by atoms with Crippen molar-refractivity contribution in [3.8, 4) is 0 Å². The second-order valence-electron chi connectivity index (χ2n) is 3.08. The number of benzene rings is 1. The Balaban J connectivity index is 1.89. The SMILES string of the molecule is Clc1ccccc1COCc1nnsc1Cl. The van der Waals surface area contributed by atoms with Gasteiger partial charge in [0.2, 0.25) is 0 Å². The molecule has 0 fully saturated rings. The summed E-state index contributed by atoms with van der Waals surface area (Å²) < 4.78 is 9.75. The molecule has 2 aromatic rings. The highest BCUT2D eigenvalue weighted by atomic mass is 35.5. The van der Waals surface area contributed by atoms with Gasteiger partial charge < -0.3 is 4.74 Å². The smallest absolute Gasteiger partial charge is 0.139 e. The second-order valence-corrected chi connectivity index (χ2v) is 4.84. The third-order valence-electron chi connectivity index (χ3n) is 1.96. The first-order valence-electron chi connectivity index (χ1n) is 4.55. The molecule has 0 aliphatic rings. The predicted molar refractivity (Wildman–Crippen MR) is 64.9 cm³/mol. The van der Waals surface area contributed by atoms with Crippen molar-refractivity contribution < 1.29 is 4.74 Å². The molecule has 3 nitrogen and oxygen atoms in total. The van der Waals surface area contributed by atoms with Crippen molar-refractivity contribution in [1.82, 2.24) is 9.59 Å². The molecule has 0 spiro atoms. The maximum atomic E-state index is 5.98. The zero-order valence-electron chi connectivity index (χ0n) is 8.19. The fraction of sp³-hybridized carbons (Fsp3) is 0.200. The van der Waals surface area contributed by atoms with Gasteiger partial charge >= 0.3 is 0 Å². The van der Waals surface area contributed by atoms with Crippen molar-refractivity contribution in [2.24, 2.45) is 0 Å². The van der Waals surface area contributed by atoms with Gasteiger partial charge in [0.05, 0.1) is 13.2 Å². The molecule has 0 atom stereocenters. The van der Waals surface area contributed by atoms with Crippen molar-refractivity contribution in [1.29, 1.82) is 0 Å². The maximum absolute atomic E-state index is 5.98. The molecule has 2 rings (SSSR count). The number of ether oxygens (including phenoxy) is 1. The average molecular weight is 275 g/mol. The third-order valence-corrected chi connectivity index (χ3v) is 3.32. The summed E-state index contributed by atoms with van der Waals surface area (Å²) in [5, 5.41) is 4.55. The molecule has 84 valence electrons. The number of nitrogens with zero attached hydrogens (tertiary/aromatic N) is 2. The molecule has 0 saturated heterocycles.